The lowest BCUT2D eigenvalue weighted by Crippen LogP contribution is -2.21. The molecule has 0 unspecified atom stereocenters. The molecule has 2 aromatic carbocycles. The fourth-order valence-electron chi connectivity index (χ4n) is 2.61. The smallest absolute Gasteiger partial charge is 0.255 e. The molecule has 2 N–H and O–H groups in total. The predicted molar refractivity (Wildman–Crippen MR) is 105 cm³/mol. The third-order valence-electron chi connectivity index (χ3n) is 4.13. The van der Waals surface area contributed by atoms with Crippen LogP contribution in [0.2, 0.25) is 0 Å². The highest BCUT2D eigenvalue weighted by Gasteiger charge is 2.08. The molecule has 0 atom stereocenters. The maximum atomic E-state index is 12.4. The summed E-state index contributed by atoms with van der Waals surface area (Å²) in [6.07, 6.45) is 1.09. The summed E-state index contributed by atoms with van der Waals surface area (Å²) in [4.78, 5) is 16.5. The third kappa shape index (κ3) is 5.22. The average molecular weight is 341 g/mol. The van der Waals surface area contributed by atoms with Crippen molar-refractivity contribution in [3.05, 3.63) is 54.1 Å². The van der Waals surface area contributed by atoms with Gasteiger partial charge in [-0.25, -0.2) is 0 Å². The number of rotatable bonds is 8. The van der Waals surface area contributed by atoms with Gasteiger partial charge in [0.25, 0.3) is 5.91 Å². The van der Waals surface area contributed by atoms with E-state index >= 15 is 0 Å². The van der Waals surface area contributed by atoms with Gasteiger partial charge in [0, 0.05) is 49.8 Å². The molecule has 0 saturated carbocycles. The van der Waals surface area contributed by atoms with Crippen molar-refractivity contribution in [3.8, 4) is 0 Å². The third-order valence-corrected chi connectivity index (χ3v) is 4.13. The second-order valence-electron chi connectivity index (χ2n) is 6.11. The molecule has 0 saturated heterocycles. The largest absolute Gasteiger partial charge is 0.395 e. The summed E-state index contributed by atoms with van der Waals surface area (Å²) in [7, 11) is 3.97. The number of hydrogen-bond donors (Lipinski definition) is 2. The highest BCUT2D eigenvalue weighted by molar-refractivity contribution is 6.04. The van der Waals surface area contributed by atoms with Crippen molar-refractivity contribution in [2.24, 2.45) is 0 Å². The topological polar surface area (TPSA) is 55.8 Å². The highest BCUT2D eigenvalue weighted by atomic mass is 16.3. The van der Waals surface area contributed by atoms with E-state index in [0.717, 1.165) is 30.0 Å². The maximum Gasteiger partial charge on any atom is 0.255 e. The first-order chi connectivity index (χ1) is 12.0. The van der Waals surface area contributed by atoms with Gasteiger partial charge >= 0.3 is 0 Å². The molecule has 0 aliphatic carbocycles. The quantitative estimate of drug-likeness (QED) is 0.774. The Balaban J connectivity index is 1.99. The molecule has 0 aromatic heterocycles. The lowest BCUT2D eigenvalue weighted by molar-refractivity contribution is 0.102. The second-order valence-corrected chi connectivity index (χ2v) is 6.11. The maximum absolute atomic E-state index is 12.4. The fourth-order valence-corrected chi connectivity index (χ4v) is 2.61. The van der Waals surface area contributed by atoms with Crippen LogP contribution >= 0.6 is 0 Å². The van der Waals surface area contributed by atoms with Crippen molar-refractivity contribution in [2.45, 2.75) is 13.3 Å². The molecule has 5 heteroatoms. The minimum absolute atomic E-state index is 0.110. The molecule has 134 valence electrons. The van der Waals surface area contributed by atoms with Gasteiger partial charge in [-0.15, -0.1) is 0 Å². The molecular weight excluding hydrogens is 314 g/mol. The van der Waals surface area contributed by atoms with Crippen molar-refractivity contribution < 1.29 is 9.90 Å². The Labute approximate surface area is 149 Å². The Kier molecular flexibility index (Phi) is 6.83. The number of carbonyl (C=O) groups excluding carboxylic acids is 1. The Morgan fingerprint density at radius 3 is 1.96 bits per heavy atom. The number of anilines is 3. The molecule has 0 radical (unpaired) electrons. The Hall–Kier alpha value is -2.53. The number of nitrogens with zero attached hydrogens (tertiary/aromatic N) is 2. The van der Waals surface area contributed by atoms with Gasteiger partial charge in [-0.2, -0.15) is 0 Å². The molecule has 0 aliphatic heterocycles. The summed E-state index contributed by atoms with van der Waals surface area (Å²) in [6, 6.07) is 15.2. The van der Waals surface area contributed by atoms with Crippen LogP contribution in [0.15, 0.2) is 48.5 Å². The molecule has 0 aliphatic rings. The number of carbonyl (C=O) groups is 1. The van der Waals surface area contributed by atoms with Crippen LogP contribution in [0.4, 0.5) is 17.1 Å². The van der Waals surface area contributed by atoms with Gasteiger partial charge in [0.05, 0.1) is 6.61 Å². The van der Waals surface area contributed by atoms with Crippen LogP contribution in [0, 0.1) is 0 Å². The van der Waals surface area contributed by atoms with Gasteiger partial charge < -0.3 is 20.2 Å². The number of aliphatic hydroxyl groups excluding tert-OH is 1. The van der Waals surface area contributed by atoms with Crippen molar-refractivity contribution in [1.82, 2.24) is 0 Å². The van der Waals surface area contributed by atoms with Gasteiger partial charge in [-0.05, 0) is 55.0 Å². The van der Waals surface area contributed by atoms with Crippen molar-refractivity contribution in [2.75, 3.05) is 48.9 Å². The van der Waals surface area contributed by atoms with Gasteiger partial charge in [0.2, 0.25) is 0 Å². The zero-order chi connectivity index (χ0) is 18.2. The van der Waals surface area contributed by atoms with Crippen LogP contribution in [0.3, 0.4) is 0 Å². The summed E-state index contributed by atoms with van der Waals surface area (Å²) in [5.41, 5.74) is 3.48. The molecule has 1 amide bonds. The molecule has 0 heterocycles. The minimum Gasteiger partial charge on any atom is -0.395 e. The lowest BCUT2D eigenvalue weighted by atomic mass is 10.1. The first-order valence-corrected chi connectivity index (χ1v) is 8.59. The SMILES string of the molecule is CCCN(C)c1ccc(C(=O)Nc2ccc(N(C)CCO)cc2)cc1. The van der Waals surface area contributed by atoms with Crippen molar-refractivity contribution in [1.29, 1.82) is 0 Å². The van der Waals surface area contributed by atoms with E-state index in [2.05, 4.69) is 17.1 Å². The highest BCUT2D eigenvalue weighted by Crippen LogP contribution is 2.18. The summed E-state index contributed by atoms with van der Waals surface area (Å²) in [6.45, 7) is 3.82. The standard InChI is InChI=1S/C20H27N3O2/c1-4-13-22(2)18-9-5-16(6-10-18)20(25)21-17-7-11-19(12-8-17)23(3)14-15-24/h5-12,24H,4,13-15H2,1-3H3,(H,21,25). The zero-order valence-electron chi connectivity index (χ0n) is 15.2. The number of hydrogen-bond acceptors (Lipinski definition) is 4. The van der Waals surface area contributed by atoms with Gasteiger partial charge in [-0.1, -0.05) is 6.92 Å². The molecule has 0 bridgehead atoms. The van der Waals surface area contributed by atoms with Crippen LogP contribution in [0.5, 0.6) is 0 Å². The van der Waals surface area contributed by atoms with E-state index in [4.69, 9.17) is 5.11 Å². The molecular formula is C20H27N3O2. The first-order valence-electron chi connectivity index (χ1n) is 8.59. The van der Waals surface area contributed by atoms with Crippen molar-refractivity contribution >= 4 is 23.0 Å². The summed E-state index contributed by atoms with van der Waals surface area (Å²) in [5.74, 6) is -0.124. The van der Waals surface area contributed by atoms with E-state index in [1.807, 2.05) is 67.5 Å². The average Bonchev–Trinajstić information content (AvgIpc) is 2.63. The molecule has 5 nitrogen and oxygen atoms in total. The molecule has 0 fully saturated rings. The number of benzene rings is 2. The Bertz CT molecular complexity index is 668. The second kappa shape index (κ2) is 9.08. The number of likely N-dealkylation sites (N-methyl/N-ethyl adjacent to an activating group) is 1. The van der Waals surface area contributed by atoms with Crippen molar-refractivity contribution in [3.63, 3.8) is 0 Å². The van der Waals surface area contributed by atoms with E-state index in [1.165, 1.54) is 0 Å². The lowest BCUT2D eigenvalue weighted by Gasteiger charge is -2.19. The molecule has 0 spiro atoms. The normalized spacial score (nSPS) is 10.4. The van der Waals surface area contributed by atoms with Crippen LogP contribution < -0.4 is 15.1 Å². The first kappa shape index (κ1) is 18.8. The van der Waals surface area contributed by atoms with Crippen LogP contribution in [-0.4, -0.2) is 44.8 Å². The minimum atomic E-state index is -0.124. The van der Waals surface area contributed by atoms with E-state index in [9.17, 15) is 4.79 Å². The van der Waals surface area contributed by atoms with Gasteiger partial charge in [0.15, 0.2) is 0 Å². The number of aliphatic hydroxyl groups is 1. The molecule has 25 heavy (non-hydrogen) atoms. The Morgan fingerprint density at radius 2 is 1.44 bits per heavy atom. The van der Waals surface area contributed by atoms with Crippen LogP contribution in [0.25, 0.3) is 0 Å². The molecule has 2 aromatic rings. The van der Waals surface area contributed by atoms with Gasteiger partial charge in [-0.3, -0.25) is 4.79 Å². The Morgan fingerprint density at radius 1 is 0.920 bits per heavy atom. The van der Waals surface area contributed by atoms with Gasteiger partial charge in [0.1, 0.15) is 0 Å². The summed E-state index contributed by atoms with van der Waals surface area (Å²) >= 11 is 0. The summed E-state index contributed by atoms with van der Waals surface area (Å²) < 4.78 is 0. The summed E-state index contributed by atoms with van der Waals surface area (Å²) in [5, 5.41) is 11.9. The monoisotopic (exact) mass is 341 g/mol. The van der Waals surface area contributed by atoms with E-state index in [-0.39, 0.29) is 12.5 Å². The van der Waals surface area contributed by atoms with E-state index in [0.29, 0.717) is 12.1 Å². The fraction of sp³-hybridized carbons (Fsp3) is 0.350. The number of nitrogens with one attached hydrogen (secondary N) is 1. The van der Waals surface area contributed by atoms with E-state index < -0.39 is 0 Å². The zero-order valence-corrected chi connectivity index (χ0v) is 15.2. The van der Waals surface area contributed by atoms with E-state index in [1.54, 1.807) is 0 Å². The van der Waals surface area contributed by atoms with Crippen LogP contribution in [-0.2, 0) is 0 Å². The number of amides is 1. The molecule has 2 rings (SSSR count). The predicted octanol–water partition coefficient (Wildman–Crippen LogP) is 3.21. The van der Waals surface area contributed by atoms with Crippen LogP contribution in [0.1, 0.15) is 23.7 Å².